The van der Waals surface area contributed by atoms with E-state index in [9.17, 15) is 13.6 Å². The predicted molar refractivity (Wildman–Crippen MR) is 86.2 cm³/mol. The van der Waals surface area contributed by atoms with Gasteiger partial charge >= 0.3 is 5.97 Å². The van der Waals surface area contributed by atoms with Gasteiger partial charge in [0.15, 0.2) is 5.69 Å². The summed E-state index contributed by atoms with van der Waals surface area (Å²) in [7, 11) is 0. The number of fused-ring (bicyclic) bond motifs is 3. The van der Waals surface area contributed by atoms with Gasteiger partial charge in [0.2, 0.25) is 0 Å². The number of hydrogen-bond acceptors (Lipinski definition) is 3. The van der Waals surface area contributed by atoms with Crippen molar-refractivity contribution in [3.63, 3.8) is 0 Å². The van der Waals surface area contributed by atoms with E-state index in [-0.39, 0.29) is 17.8 Å². The predicted octanol–water partition coefficient (Wildman–Crippen LogP) is 3.20. The molecular weight excluding hydrogens is 328 g/mol. The van der Waals surface area contributed by atoms with E-state index in [1.54, 1.807) is 22.8 Å². The minimum atomic E-state index is -1.16. The molecular formula is C18H11F2N3O2. The first-order valence-corrected chi connectivity index (χ1v) is 7.46. The molecule has 0 fully saturated rings. The number of halogens is 2. The summed E-state index contributed by atoms with van der Waals surface area (Å²) in [6, 6.07) is 10.1. The number of nitrogens with zero attached hydrogens (tertiary/aromatic N) is 3. The molecule has 1 aromatic heterocycles. The van der Waals surface area contributed by atoms with E-state index in [4.69, 9.17) is 5.11 Å². The first-order chi connectivity index (χ1) is 12.0. The third-order valence-electron chi connectivity index (χ3n) is 3.98. The van der Waals surface area contributed by atoms with Gasteiger partial charge in [0.05, 0.1) is 17.9 Å². The van der Waals surface area contributed by atoms with Crippen molar-refractivity contribution < 1.29 is 18.7 Å². The van der Waals surface area contributed by atoms with Gasteiger partial charge in [-0.05, 0) is 30.3 Å². The first-order valence-electron chi connectivity index (χ1n) is 7.46. The number of hydrogen-bond donors (Lipinski definition) is 1. The fraction of sp³-hybridized carbons (Fsp3) is 0.0556. The van der Waals surface area contributed by atoms with Crippen LogP contribution in [-0.2, 0) is 6.54 Å². The van der Waals surface area contributed by atoms with Gasteiger partial charge in [-0.2, -0.15) is 0 Å². The quantitative estimate of drug-likeness (QED) is 0.780. The molecule has 1 aliphatic heterocycles. The molecule has 0 bridgehead atoms. The van der Waals surface area contributed by atoms with Crippen LogP contribution in [-0.4, -0.2) is 26.3 Å². The number of aromatic carboxylic acids is 1. The Bertz CT molecular complexity index is 1040. The Morgan fingerprint density at radius 3 is 2.68 bits per heavy atom. The Kier molecular flexibility index (Phi) is 3.42. The zero-order valence-electron chi connectivity index (χ0n) is 12.8. The summed E-state index contributed by atoms with van der Waals surface area (Å²) < 4.78 is 29.7. The van der Waals surface area contributed by atoms with E-state index >= 15 is 0 Å². The number of aromatic nitrogens is 2. The first kappa shape index (κ1) is 15.2. The van der Waals surface area contributed by atoms with Gasteiger partial charge in [-0.3, -0.25) is 4.99 Å². The van der Waals surface area contributed by atoms with E-state index in [1.807, 2.05) is 0 Å². The molecule has 25 heavy (non-hydrogen) atoms. The van der Waals surface area contributed by atoms with Gasteiger partial charge in [0.25, 0.3) is 0 Å². The molecule has 0 atom stereocenters. The molecule has 0 aliphatic carbocycles. The molecule has 124 valence electrons. The second-order valence-electron chi connectivity index (χ2n) is 5.52. The maximum atomic E-state index is 14.3. The van der Waals surface area contributed by atoms with Gasteiger partial charge in [0.1, 0.15) is 17.5 Å². The smallest absolute Gasteiger partial charge is 0.356 e. The van der Waals surface area contributed by atoms with Crippen LogP contribution in [0.2, 0.25) is 0 Å². The summed E-state index contributed by atoms with van der Waals surface area (Å²) >= 11 is 0. The molecule has 2 aromatic carbocycles. The molecule has 0 radical (unpaired) electrons. The Morgan fingerprint density at radius 1 is 1.12 bits per heavy atom. The molecule has 4 rings (SSSR count). The number of benzene rings is 2. The Labute approximate surface area is 140 Å². The fourth-order valence-electron chi connectivity index (χ4n) is 2.87. The van der Waals surface area contributed by atoms with E-state index in [1.165, 1.54) is 30.5 Å². The molecule has 7 heteroatoms. The monoisotopic (exact) mass is 339 g/mol. The van der Waals surface area contributed by atoms with Crippen molar-refractivity contribution in [2.75, 3.05) is 0 Å². The van der Waals surface area contributed by atoms with E-state index in [0.717, 1.165) is 0 Å². The highest BCUT2D eigenvalue weighted by atomic mass is 19.1. The molecule has 0 unspecified atom stereocenters. The molecule has 0 amide bonds. The van der Waals surface area contributed by atoms with Crippen LogP contribution in [0.3, 0.4) is 0 Å². The highest BCUT2D eigenvalue weighted by molar-refractivity contribution is 6.15. The van der Waals surface area contributed by atoms with Crippen LogP contribution < -0.4 is 0 Å². The third-order valence-corrected chi connectivity index (χ3v) is 3.98. The van der Waals surface area contributed by atoms with E-state index in [0.29, 0.717) is 22.8 Å². The van der Waals surface area contributed by atoms with Gasteiger partial charge in [-0.15, -0.1) is 0 Å². The molecule has 1 N–H and O–H groups in total. The minimum Gasteiger partial charge on any atom is -0.476 e. The van der Waals surface area contributed by atoms with E-state index < -0.39 is 17.6 Å². The highest BCUT2D eigenvalue weighted by Crippen LogP contribution is 2.27. The topological polar surface area (TPSA) is 67.5 Å². The van der Waals surface area contributed by atoms with Crippen molar-refractivity contribution >= 4 is 11.7 Å². The zero-order valence-corrected chi connectivity index (χ0v) is 12.8. The van der Waals surface area contributed by atoms with E-state index in [2.05, 4.69) is 9.98 Å². The average molecular weight is 339 g/mol. The number of carbonyl (C=O) groups is 1. The standard InChI is InChI=1S/C18H11F2N3O2/c19-10-5-6-15-12(7-10)17(11-3-1-2-4-13(11)20)21-8-16-22-14(18(24)25)9-23(15)16/h1-7,9H,8H2,(H,24,25). The van der Waals surface area contributed by atoms with Crippen molar-refractivity contribution in [3.8, 4) is 5.69 Å². The molecule has 1 aliphatic rings. The largest absolute Gasteiger partial charge is 0.476 e. The lowest BCUT2D eigenvalue weighted by Crippen LogP contribution is -2.09. The maximum absolute atomic E-state index is 14.3. The summed E-state index contributed by atoms with van der Waals surface area (Å²) in [4.78, 5) is 19.6. The van der Waals surface area contributed by atoms with Crippen LogP contribution in [0.15, 0.2) is 53.7 Å². The summed E-state index contributed by atoms with van der Waals surface area (Å²) in [5.41, 5.74) is 1.29. The minimum absolute atomic E-state index is 0.0489. The maximum Gasteiger partial charge on any atom is 0.356 e. The van der Waals surface area contributed by atoms with Crippen molar-refractivity contribution in [2.45, 2.75) is 6.54 Å². The number of rotatable bonds is 2. The van der Waals surface area contributed by atoms with Crippen LogP contribution in [0.1, 0.15) is 27.4 Å². The Hall–Kier alpha value is -3.35. The second kappa shape index (κ2) is 5.62. The number of carboxylic acids is 1. The lowest BCUT2D eigenvalue weighted by Gasteiger charge is -2.12. The Balaban J connectivity index is 1.98. The Morgan fingerprint density at radius 2 is 1.92 bits per heavy atom. The summed E-state index contributed by atoms with van der Waals surface area (Å²) in [5, 5.41) is 9.14. The van der Waals surface area contributed by atoms with Gasteiger partial charge < -0.3 is 9.67 Å². The highest BCUT2D eigenvalue weighted by Gasteiger charge is 2.23. The van der Waals surface area contributed by atoms with Gasteiger partial charge in [0, 0.05) is 17.3 Å². The van der Waals surface area contributed by atoms with Crippen LogP contribution >= 0.6 is 0 Å². The molecule has 0 saturated heterocycles. The summed E-state index contributed by atoms with van der Waals surface area (Å²) in [6.45, 7) is 0.0489. The number of imidazole rings is 1. The molecule has 3 aromatic rings. The molecule has 2 heterocycles. The second-order valence-corrected chi connectivity index (χ2v) is 5.52. The summed E-state index contributed by atoms with van der Waals surface area (Å²) in [5.74, 6) is -1.74. The normalized spacial score (nSPS) is 12.8. The molecule has 0 spiro atoms. The van der Waals surface area contributed by atoms with Gasteiger partial charge in [-0.25, -0.2) is 18.6 Å². The van der Waals surface area contributed by atoms with Crippen LogP contribution in [0.4, 0.5) is 8.78 Å². The third kappa shape index (κ3) is 2.50. The van der Waals surface area contributed by atoms with Crippen LogP contribution in [0, 0.1) is 11.6 Å². The lowest BCUT2D eigenvalue weighted by atomic mass is 10.00. The SMILES string of the molecule is O=C(O)c1cn2c(n1)CN=C(c1ccccc1F)c1cc(F)ccc1-2. The zero-order chi connectivity index (χ0) is 17.6. The van der Waals surface area contributed by atoms with Crippen molar-refractivity contribution in [1.82, 2.24) is 9.55 Å². The van der Waals surface area contributed by atoms with Gasteiger partial charge in [-0.1, -0.05) is 12.1 Å². The average Bonchev–Trinajstić information content (AvgIpc) is 2.95. The van der Waals surface area contributed by atoms with Crippen molar-refractivity contribution in [1.29, 1.82) is 0 Å². The van der Waals surface area contributed by atoms with Crippen LogP contribution in [0.25, 0.3) is 5.69 Å². The van der Waals surface area contributed by atoms with Crippen molar-refractivity contribution in [3.05, 3.63) is 82.9 Å². The number of carboxylic acid groups (broad SMARTS) is 1. The number of aliphatic imine (C=N–C) groups is 1. The molecule has 5 nitrogen and oxygen atoms in total. The fourth-order valence-corrected chi connectivity index (χ4v) is 2.87. The van der Waals surface area contributed by atoms with Crippen LogP contribution in [0.5, 0.6) is 0 Å². The van der Waals surface area contributed by atoms with Crippen molar-refractivity contribution in [2.24, 2.45) is 4.99 Å². The summed E-state index contributed by atoms with van der Waals surface area (Å²) in [6.07, 6.45) is 1.36. The molecule has 0 saturated carbocycles. The lowest BCUT2D eigenvalue weighted by molar-refractivity contribution is 0.0691.